The van der Waals surface area contributed by atoms with Gasteiger partial charge in [-0.05, 0) is 0 Å². The Morgan fingerprint density at radius 2 is 2.57 bits per heavy atom. The van der Waals surface area contributed by atoms with Crippen molar-refractivity contribution >= 4 is 21.9 Å². The molecule has 0 atom stereocenters. The van der Waals surface area contributed by atoms with Gasteiger partial charge in [0.1, 0.15) is 6.61 Å². The van der Waals surface area contributed by atoms with E-state index in [1.165, 1.54) is 13.5 Å². The number of hydrogen-bond acceptors (Lipinski definition) is 2. The Balaban J connectivity index is 2.82. The molecular formula is C4H6BrO2. The van der Waals surface area contributed by atoms with E-state index in [-0.39, 0.29) is 5.97 Å². The van der Waals surface area contributed by atoms with Crippen LogP contribution in [0.4, 0.5) is 0 Å². The molecule has 0 aromatic heterocycles. The van der Waals surface area contributed by atoms with Gasteiger partial charge >= 0.3 is 5.97 Å². The standard InChI is InChI=1S/C4H6BrO2/c1-4(6)7-3-2-5/h3H,2H2,1H3. The number of carbonyl (C=O) groups excluding carboxylic acids is 1. The molecule has 0 unspecified atom stereocenters. The van der Waals surface area contributed by atoms with Crippen LogP contribution < -0.4 is 0 Å². The molecule has 0 aliphatic heterocycles. The van der Waals surface area contributed by atoms with Gasteiger partial charge in [0.2, 0.25) is 0 Å². The average molecular weight is 166 g/mol. The molecular weight excluding hydrogens is 160 g/mol. The Labute approximate surface area is 51.0 Å². The Morgan fingerprint density at radius 3 is 2.71 bits per heavy atom. The Hall–Kier alpha value is -0.0500. The molecule has 7 heavy (non-hydrogen) atoms. The maximum atomic E-state index is 9.93. The van der Waals surface area contributed by atoms with Gasteiger partial charge < -0.3 is 4.74 Å². The van der Waals surface area contributed by atoms with Crippen molar-refractivity contribution in [1.29, 1.82) is 0 Å². The summed E-state index contributed by atoms with van der Waals surface area (Å²) < 4.78 is 4.38. The van der Waals surface area contributed by atoms with Crippen LogP contribution in [0, 0.1) is 6.61 Å². The first kappa shape index (κ1) is 6.95. The van der Waals surface area contributed by atoms with Crippen LogP contribution in [0.15, 0.2) is 0 Å². The van der Waals surface area contributed by atoms with Crippen molar-refractivity contribution in [2.75, 3.05) is 5.33 Å². The van der Waals surface area contributed by atoms with Crippen LogP contribution in [0.2, 0.25) is 0 Å². The van der Waals surface area contributed by atoms with Crippen LogP contribution >= 0.6 is 15.9 Å². The summed E-state index contributed by atoms with van der Waals surface area (Å²) >= 11 is 3.05. The van der Waals surface area contributed by atoms with E-state index < -0.39 is 0 Å². The lowest BCUT2D eigenvalue weighted by atomic mass is 10.8. The van der Waals surface area contributed by atoms with Crippen LogP contribution in [-0.4, -0.2) is 11.3 Å². The van der Waals surface area contributed by atoms with Gasteiger partial charge in [-0.25, -0.2) is 0 Å². The van der Waals surface area contributed by atoms with E-state index in [4.69, 9.17) is 0 Å². The molecule has 0 aromatic rings. The SMILES string of the molecule is CC(=O)O[CH]CBr. The highest BCUT2D eigenvalue weighted by molar-refractivity contribution is 9.09. The summed E-state index contributed by atoms with van der Waals surface area (Å²) in [6, 6.07) is 0. The van der Waals surface area contributed by atoms with Gasteiger partial charge in [-0.1, -0.05) is 15.9 Å². The van der Waals surface area contributed by atoms with Crippen LogP contribution in [0.25, 0.3) is 0 Å². The summed E-state index contributed by atoms with van der Waals surface area (Å²) in [6.07, 6.45) is 0. The van der Waals surface area contributed by atoms with Gasteiger partial charge in [0, 0.05) is 12.3 Å². The maximum absolute atomic E-state index is 9.93. The van der Waals surface area contributed by atoms with E-state index in [9.17, 15) is 4.79 Å². The first-order valence-corrected chi connectivity index (χ1v) is 2.94. The predicted octanol–water partition coefficient (Wildman–Crippen LogP) is 1.11. The lowest BCUT2D eigenvalue weighted by molar-refractivity contribution is -0.137. The summed E-state index contributed by atoms with van der Waals surface area (Å²) in [6.45, 7) is 2.75. The Kier molecular flexibility index (Phi) is 4.09. The van der Waals surface area contributed by atoms with Crippen molar-refractivity contribution in [3.63, 3.8) is 0 Å². The van der Waals surface area contributed by atoms with Crippen molar-refractivity contribution in [2.24, 2.45) is 0 Å². The van der Waals surface area contributed by atoms with Crippen LogP contribution in [0.3, 0.4) is 0 Å². The summed E-state index contributed by atoms with van der Waals surface area (Å²) in [4.78, 5) is 9.93. The number of halogens is 1. The normalized spacial score (nSPS) is 8.29. The largest absolute Gasteiger partial charge is 0.458 e. The number of rotatable bonds is 2. The molecule has 1 radical (unpaired) electrons. The van der Waals surface area contributed by atoms with Gasteiger partial charge in [-0.15, -0.1) is 0 Å². The minimum atomic E-state index is -0.278. The van der Waals surface area contributed by atoms with Crippen LogP contribution in [0.5, 0.6) is 0 Å². The van der Waals surface area contributed by atoms with Gasteiger partial charge in [-0.3, -0.25) is 4.79 Å². The molecule has 2 nitrogen and oxygen atoms in total. The molecule has 0 fully saturated rings. The number of esters is 1. The van der Waals surface area contributed by atoms with Crippen molar-refractivity contribution in [3.05, 3.63) is 6.61 Å². The van der Waals surface area contributed by atoms with E-state index >= 15 is 0 Å². The third-order valence-corrected chi connectivity index (χ3v) is 0.577. The number of carbonyl (C=O) groups is 1. The Morgan fingerprint density at radius 1 is 2.00 bits per heavy atom. The molecule has 0 heterocycles. The van der Waals surface area contributed by atoms with E-state index in [1.807, 2.05) is 0 Å². The summed E-state index contributed by atoms with van der Waals surface area (Å²) in [5.74, 6) is -0.278. The van der Waals surface area contributed by atoms with E-state index in [1.54, 1.807) is 0 Å². The zero-order valence-electron chi connectivity index (χ0n) is 3.98. The van der Waals surface area contributed by atoms with E-state index in [0.29, 0.717) is 5.33 Å². The van der Waals surface area contributed by atoms with E-state index in [2.05, 4.69) is 20.7 Å². The second kappa shape index (κ2) is 4.12. The lowest BCUT2D eigenvalue weighted by Gasteiger charge is -1.91. The fourth-order valence-corrected chi connectivity index (χ4v) is 0.281. The number of ether oxygens (including phenoxy) is 1. The lowest BCUT2D eigenvalue weighted by Crippen LogP contribution is -1.94. The molecule has 41 valence electrons. The quantitative estimate of drug-likeness (QED) is 0.453. The van der Waals surface area contributed by atoms with Crippen molar-refractivity contribution in [3.8, 4) is 0 Å². The van der Waals surface area contributed by atoms with Crippen LogP contribution in [0.1, 0.15) is 6.92 Å². The number of hydrogen-bond donors (Lipinski definition) is 0. The molecule has 0 aliphatic carbocycles. The van der Waals surface area contributed by atoms with Crippen molar-refractivity contribution in [2.45, 2.75) is 6.92 Å². The zero-order chi connectivity index (χ0) is 5.70. The topological polar surface area (TPSA) is 26.3 Å². The Bertz CT molecular complexity index is 62.7. The van der Waals surface area contributed by atoms with Gasteiger partial charge in [0.25, 0.3) is 0 Å². The van der Waals surface area contributed by atoms with Crippen molar-refractivity contribution in [1.82, 2.24) is 0 Å². The van der Waals surface area contributed by atoms with Gasteiger partial charge in [0.15, 0.2) is 0 Å². The first-order valence-electron chi connectivity index (χ1n) is 1.82. The minimum absolute atomic E-state index is 0.278. The summed E-state index contributed by atoms with van der Waals surface area (Å²) in [5.41, 5.74) is 0. The second-order valence-corrected chi connectivity index (χ2v) is 1.58. The molecule has 0 N–H and O–H groups in total. The highest BCUT2D eigenvalue weighted by Gasteiger charge is 1.87. The maximum Gasteiger partial charge on any atom is 0.303 e. The van der Waals surface area contributed by atoms with E-state index in [0.717, 1.165) is 0 Å². The molecule has 0 saturated carbocycles. The molecule has 3 heteroatoms. The molecule has 0 amide bonds. The number of alkyl halides is 1. The fraction of sp³-hybridized carbons (Fsp3) is 0.500. The van der Waals surface area contributed by atoms with Gasteiger partial charge in [-0.2, -0.15) is 0 Å². The summed E-state index contributed by atoms with van der Waals surface area (Å²) in [7, 11) is 0. The predicted molar refractivity (Wildman–Crippen MR) is 29.9 cm³/mol. The molecule has 0 spiro atoms. The van der Waals surface area contributed by atoms with Gasteiger partial charge in [0.05, 0.1) is 0 Å². The zero-order valence-corrected chi connectivity index (χ0v) is 5.56. The molecule has 0 aliphatic rings. The average Bonchev–Trinajstić information content (AvgIpc) is 1.61. The molecule has 0 saturated heterocycles. The smallest absolute Gasteiger partial charge is 0.303 e. The minimum Gasteiger partial charge on any atom is -0.458 e. The molecule has 0 rings (SSSR count). The third-order valence-electron chi connectivity index (χ3n) is 0.312. The highest BCUT2D eigenvalue weighted by Crippen LogP contribution is 1.87. The third kappa shape index (κ3) is 5.95. The fourth-order valence-electron chi connectivity index (χ4n) is 0.149. The molecule has 0 aromatic carbocycles. The second-order valence-electron chi connectivity index (χ2n) is 0.930. The molecule has 0 bridgehead atoms. The van der Waals surface area contributed by atoms with Crippen LogP contribution in [-0.2, 0) is 9.53 Å². The highest BCUT2D eigenvalue weighted by atomic mass is 79.9. The summed E-state index contributed by atoms with van der Waals surface area (Å²) in [5, 5.41) is 0.590. The monoisotopic (exact) mass is 165 g/mol. The first-order chi connectivity index (χ1) is 3.27. The van der Waals surface area contributed by atoms with Crippen molar-refractivity contribution < 1.29 is 9.53 Å².